The predicted octanol–water partition coefficient (Wildman–Crippen LogP) is 2.64. The Hall–Kier alpha value is -2.07. The third-order valence-corrected chi connectivity index (χ3v) is 4.48. The summed E-state index contributed by atoms with van der Waals surface area (Å²) >= 11 is 0. The Morgan fingerprint density at radius 2 is 1.77 bits per heavy atom. The lowest BCUT2D eigenvalue weighted by Gasteiger charge is -2.35. The van der Waals surface area contributed by atoms with Gasteiger partial charge in [-0.05, 0) is 57.3 Å². The first-order valence-electron chi connectivity index (χ1n) is 7.84. The Bertz CT molecular complexity index is 626. The molecule has 22 heavy (non-hydrogen) atoms. The van der Waals surface area contributed by atoms with E-state index in [0.717, 1.165) is 37.2 Å². The molecule has 1 saturated heterocycles. The minimum absolute atomic E-state index is 0.145. The summed E-state index contributed by atoms with van der Waals surface area (Å²) in [6, 6.07) is 12.4. The highest BCUT2D eigenvalue weighted by molar-refractivity contribution is 5.94. The number of carbonyl (C=O) groups excluding carboxylic acids is 1. The lowest BCUT2D eigenvalue weighted by atomic mass is 10.0. The van der Waals surface area contributed by atoms with E-state index in [-0.39, 0.29) is 5.91 Å². The highest BCUT2D eigenvalue weighted by Gasteiger charge is 2.24. The van der Waals surface area contributed by atoms with Crippen molar-refractivity contribution >= 4 is 5.91 Å². The number of piperidine rings is 1. The van der Waals surface area contributed by atoms with Crippen molar-refractivity contribution in [3.05, 3.63) is 54.4 Å². The van der Waals surface area contributed by atoms with Crippen LogP contribution in [-0.4, -0.2) is 53.5 Å². The van der Waals surface area contributed by atoms with Crippen molar-refractivity contribution in [3.8, 4) is 5.69 Å². The van der Waals surface area contributed by atoms with Gasteiger partial charge in [0, 0.05) is 42.8 Å². The Balaban J connectivity index is 1.72. The molecule has 1 amide bonds. The van der Waals surface area contributed by atoms with E-state index in [1.807, 2.05) is 58.3 Å². The molecule has 4 nitrogen and oxygen atoms in total. The quantitative estimate of drug-likeness (QED) is 0.871. The smallest absolute Gasteiger partial charge is 0.253 e. The zero-order valence-corrected chi connectivity index (χ0v) is 13.3. The van der Waals surface area contributed by atoms with Crippen molar-refractivity contribution in [1.29, 1.82) is 0 Å². The van der Waals surface area contributed by atoms with Crippen molar-refractivity contribution in [2.75, 3.05) is 27.2 Å². The molecule has 0 unspecified atom stereocenters. The van der Waals surface area contributed by atoms with Crippen LogP contribution < -0.4 is 0 Å². The van der Waals surface area contributed by atoms with Crippen LogP contribution in [0.25, 0.3) is 5.69 Å². The van der Waals surface area contributed by atoms with Crippen LogP contribution in [0.2, 0.25) is 0 Å². The van der Waals surface area contributed by atoms with Crippen LogP contribution in [0.3, 0.4) is 0 Å². The van der Waals surface area contributed by atoms with Crippen LogP contribution in [-0.2, 0) is 0 Å². The van der Waals surface area contributed by atoms with Crippen LogP contribution in [0.1, 0.15) is 23.2 Å². The summed E-state index contributed by atoms with van der Waals surface area (Å²) in [5, 5.41) is 0. The van der Waals surface area contributed by atoms with E-state index in [1.54, 1.807) is 0 Å². The number of carbonyl (C=O) groups is 1. The standard InChI is InChI=1S/C18H23N3O/c1-19(2)16-8-12-21(13-9-16)18(22)15-6-5-7-17(14-15)20-10-3-4-11-20/h3-7,10-11,14,16H,8-9,12-13H2,1-2H3. The molecular weight excluding hydrogens is 274 g/mol. The molecule has 1 fully saturated rings. The van der Waals surface area contributed by atoms with Gasteiger partial charge in [0.05, 0.1) is 0 Å². The number of aromatic nitrogens is 1. The second-order valence-electron chi connectivity index (χ2n) is 6.13. The van der Waals surface area contributed by atoms with Crippen molar-refractivity contribution in [1.82, 2.24) is 14.4 Å². The summed E-state index contributed by atoms with van der Waals surface area (Å²) in [6.07, 6.45) is 6.09. The molecule has 0 N–H and O–H groups in total. The maximum Gasteiger partial charge on any atom is 0.253 e. The first-order valence-corrected chi connectivity index (χ1v) is 7.84. The average molecular weight is 297 g/mol. The zero-order valence-electron chi connectivity index (χ0n) is 13.3. The van der Waals surface area contributed by atoms with Gasteiger partial charge in [0.1, 0.15) is 0 Å². The Labute approximate surface area is 132 Å². The summed E-state index contributed by atoms with van der Waals surface area (Å²) in [5.41, 5.74) is 1.80. The fourth-order valence-electron chi connectivity index (χ4n) is 3.07. The van der Waals surface area contributed by atoms with E-state index in [9.17, 15) is 4.79 Å². The molecule has 116 valence electrons. The molecule has 0 bridgehead atoms. The number of hydrogen-bond acceptors (Lipinski definition) is 2. The second kappa shape index (κ2) is 6.36. The van der Waals surface area contributed by atoms with E-state index < -0.39 is 0 Å². The largest absolute Gasteiger partial charge is 0.339 e. The van der Waals surface area contributed by atoms with E-state index in [1.165, 1.54) is 0 Å². The molecule has 3 rings (SSSR count). The van der Waals surface area contributed by atoms with Gasteiger partial charge < -0.3 is 14.4 Å². The number of likely N-dealkylation sites (tertiary alicyclic amines) is 1. The molecule has 1 aromatic carbocycles. The van der Waals surface area contributed by atoms with Crippen LogP contribution >= 0.6 is 0 Å². The van der Waals surface area contributed by atoms with Gasteiger partial charge in [-0.15, -0.1) is 0 Å². The average Bonchev–Trinajstić information content (AvgIpc) is 3.09. The SMILES string of the molecule is CN(C)C1CCN(C(=O)c2cccc(-n3cccc3)c2)CC1. The van der Waals surface area contributed by atoms with Gasteiger partial charge in [0.15, 0.2) is 0 Å². The van der Waals surface area contributed by atoms with Crippen LogP contribution in [0, 0.1) is 0 Å². The molecule has 2 heterocycles. The van der Waals surface area contributed by atoms with E-state index in [0.29, 0.717) is 6.04 Å². The summed E-state index contributed by atoms with van der Waals surface area (Å²) in [5.74, 6) is 0.145. The first-order chi connectivity index (χ1) is 10.6. The lowest BCUT2D eigenvalue weighted by molar-refractivity contribution is 0.0663. The van der Waals surface area contributed by atoms with E-state index in [4.69, 9.17) is 0 Å². The van der Waals surface area contributed by atoms with Crippen molar-refractivity contribution < 1.29 is 4.79 Å². The Kier molecular flexibility index (Phi) is 4.29. The van der Waals surface area contributed by atoms with Gasteiger partial charge in [0.25, 0.3) is 5.91 Å². The number of hydrogen-bond donors (Lipinski definition) is 0. The van der Waals surface area contributed by atoms with Crippen LogP contribution in [0.15, 0.2) is 48.8 Å². The molecule has 1 aliphatic heterocycles. The highest BCUT2D eigenvalue weighted by Crippen LogP contribution is 2.18. The Morgan fingerprint density at radius 1 is 1.09 bits per heavy atom. The fraction of sp³-hybridized carbons (Fsp3) is 0.389. The van der Waals surface area contributed by atoms with Crippen LogP contribution in [0.5, 0.6) is 0 Å². The highest BCUT2D eigenvalue weighted by atomic mass is 16.2. The maximum atomic E-state index is 12.7. The third-order valence-electron chi connectivity index (χ3n) is 4.48. The predicted molar refractivity (Wildman–Crippen MR) is 88.4 cm³/mol. The summed E-state index contributed by atoms with van der Waals surface area (Å²) < 4.78 is 2.02. The molecule has 2 aromatic rings. The molecule has 0 atom stereocenters. The second-order valence-corrected chi connectivity index (χ2v) is 6.13. The van der Waals surface area contributed by atoms with Crippen LogP contribution in [0.4, 0.5) is 0 Å². The minimum atomic E-state index is 0.145. The normalized spacial score (nSPS) is 16.2. The van der Waals surface area contributed by atoms with Crippen molar-refractivity contribution in [2.45, 2.75) is 18.9 Å². The fourth-order valence-corrected chi connectivity index (χ4v) is 3.07. The van der Waals surface area contributed by atoms with Gasteiger partial charge in [-0.1, -0.05) is 6.07 Å². The Morgan fingerprint density at radius 3 is 2.41 bits per heavy atom. The molecule has 0 spiro atoms. The third kappa shape index (κ3) is 3.07. The molecular formula is C18H23N3O. The molecule has 0 saturated carbocycles. The number of nitrogens with zero attached hydrogens (tertiary/aromatic N) is 3. The summed E-state index contributed by atoms with van der Waals surface area (Å²) in [4.78, 5) is 16.9. The molecule has 1 aliphatic rings. The summed E-state index contributed by atoms with van der Waals surface area (Å²) in [7, 11) is 4.23. The topological polar surface area (TPSA) is 28.5 Å². The number of amides is 1. The van der Waals surface area contributed by atoms with E-state index >= 15 is 0 Å². The number of rotatable bonds is 3. The van der Waals surface area contributed by atoms with Gasteiger partial charge in [-0.3, -0.25) is 4.79 Å². The lowest BCUT2D eigenvalue weighted by Crippen LogP contribution is -2.44. The maximum absolute atomic E-state index is 12.7. The molecule has 0 radical (unpaired) electrons. The molecule has 4 heteroatoms. The van der Waals surface area contributed by atoms with Gasteiger partial charge in [0.2, 0.25) is 0 Å². The molecule has 1 aromatic heterocycles. The van der Waals surface area contributed by atoms with Crippen molar-refractivity contribution in [3.63, 3.8) is 0 Å². The monoisotopic (exact) mass is 297 g/mol. The minimum Gasteiger partial charge on any atom is -0.339 e. The number of benzene rings is 1. The first kappa shape index (κ1) is 14.9. The van der Waals surface area contributed by atoms with Gasteiger partial charge >= 0.3 is 0 Å². The summed E-state index contributed by atoms with van der Waals surface area (Å²) in [6.45, 7) is 1.69. The van der Waals surface area contributed by atoms with E-state index in [2.05, 4.69) is 19.0 Å². The van der Waals surface area contributed by atoms with Crippen molar-refractivity contribution in [2.24, 2.45) is 0 Å². The van der Waals surface area contributed by atoms with Gasteiger partial charge in [-0.25, -0.2) is 0 Å². The molecule has 0 aliphatic carbocycles. The zero-order chi connectivity index (χ0) is 15.5. The van der Waals surface area contributed by atoms with Gasteiger partial charge in [-0.2, -0.15) is 0 Å².